The lowest BCUT2D eigenvalue weighted by Crippen LogP contribution is -2.74. The molecular weight excluding hydrogens is 1590 g/mol. The molecule has 6 N–H and O–H groups in total. The number of hydrogen-bond donors (Lipinski definition) is 3. The third-order valence-electron chi connectivity index (χ3n) is 20.8. The molecule has 1 amide bonds. The van der Waals surface area contributed by atoms with Crippen molar-refractivity contribution in [2.45, 2.75) is 187 Å². The topological polar surface area (TPSA) is 322 Å². The van der Waals surface area contributed by atoms with E-state index >= 15 is 0 Å². The highest BCUT2D eigenvalue weighted by Crippen LogP contribution is 2.35. The van der Waals surface area contributed by atoms with Crippen LogP contribution in [0.1, 0.15) is 226 Å². The van der Waals surface area contributed by atoms with Gasteiger partial charge in [-0.3, -0.25) is 29.3 Å². The van der Waals surface area contributed by atoms with E-state index < -0.39 is 32.5 Å². The number of ketones is 3. The summed E-state index contributed by atoms with van der Waals surface area (Å²) in [6.45, 7) is 34.7. The fourth-order valence-electron chi connectivity index (χ4n) is 13.4. The molecule has 10 rings (SSSR count). The molecule has 666 valence electrons. The standard InChI is InChI=1S/C25H27NO3.C15H22N2O2.C13H15NO2.C13H24O3S.C11H10F3N.C11H13NO3.C11H16.H2O/c1-19(2)17-20-9-8-10-21(18-20)26-25(27)23-13-6-7-14-24(23)29-16-15-28-22-11-4-3-5-12-22;1-11(2)15(18)12-7-9-17(10-8-12)14-6-4-3-5-13(14)16-19;1-9(2)7-10-5-4-6-11(12(10)8-14)13(15)16-3;1-10(2)13(14)9-17(15,16)8-12-6-4-11(3)5-7-12;1-7(2)8-3-4-9(6-15)10(5-8)11(12,13)14;1-8(2)11(13)7-9-5-3-4-6-10(9)12(14)15;1-9(2)10(3)11-7-5-4-6-8-11;/h3-14,18-19H,15-17H2,1-2H3,(H,26,27);3-6,11-12,16,19H,7-10H2,1-2H3;4-6,9H,7H2,1-3H3;10-12H,4-9H2,1-3H3;3-5,7H,1-2H3;3-6,8H,7H2,1-2H3;4-10H,1-3H3;1H2/p+1. The number of piperidine rings is 1. The number of hydrogen-bond acceptors (Lipinski definition) is 16. The number of Topliss-reactive ketones (excluding diaryl/α,β-unsaturated/α-hetero) is 3. The third kappa shape index (κ3) is 38.2. The van der Waals surface area contributed by atoms with Gasteiger partial charge >= 0.3 is 12.1 Å². The van der Waals surface area contributed by atoms with Gasteiger partial charge in [0.1, 0.15) is 59.6 Å². The number of nitrogens with two attached hydrogens (primary N) is 1. The number of alkyl halides is 3. The van der Waals surface area contributed by atoms with Gasteiger partial charge in [-0.1, -0.05) is 245 Å². The Kier molecular flexibility index (Phi) is 47.2. The first kappa shape index (κ1) is 106. The molecule has 1 atom stereocenters. The van der Waals surface area contributed by atoms with Crippen LogP contribution in [-0.2, 0) is 54.4 Å². The number of carbonyl (C=O) groups is 5. The Morgan fingerprint density at radius 2 is 1.17 bits per heavy atom. The van der Waals surface area contributed by atoms with Crippen molar-refractivity contribution >= 4 is 61.8 Å². The van der Waals surface area contributed by atoms with Crippen LogP contribution in [-0.4, -0.2) is 98.2 Å². The van der Waals surface area contributed by atoms with Gasteiger partial charge < -0.3 is 29.9 Å². The van der Waals surface area contributed by atoms with Crippen molar-refractivity contribution in [2.24, 2.45) is 53.3 Å². The van der Waals surface area contributed by atoms with Crippen LogP contribution in [0.15, 0.2) is 194 Å². The number of anilines is 2. The van der Waals surface area contributed by atoms with E-state index in [1.54, 1.807) is 82.3 Å². The van der Waals surface area contributed by atoms with Gasteiger partial charge in [0.05, 0.1) is 51.7 Å². The molecule has 1 aliphatic carbocycles. The van der Waals surface area contributed by atoms with Gasteiger partial charge in [-0.2, -0.15) is 29.2 Å². The molecular formula is C99H130F3N6O14S+. The number of nitriles is 2. The summed E-state index contributed by atoms with van der Waals surface area (Å²) < 4.78 is 77.4. The molecule has 0 bridgehead atoms. The van der Waals surface area contributed by atoms with Gasteiger partial charge in [0.2, 0.25) is 0 Å². The smallest absolute Gasteiger partial charge is 0.417 e. The molecule has 8 aromatic carbocycles. The zero-order valence-electron chi connectivity index (χ0n) is 74.7. The van der Waals surface area contributed by atoms with Gasteiger partial charge in [0, 0.05) is 66.6 Å². The summed E-state index contributed by atoms with van der Waals surface area (Å²) in [7, 11) is -1.87. The Labute approximate surface area is 727 Å². The molecule has 2 aliphatic rings. The minimum absolute atomic E-state index is 0. The average molecular weight is 1720 g/mol. The van der Waals surface area contributed by atoms with Gasteiger partial charge in [-0.15, -0.1) is 0 Å². The number of amides is 1. The maximum Gasteiger partial charge on any atom is 0.417 e. The molecule has 0 aromatic heterocycles. The van der Waals surface area contributed by atoms with Crippen molar-refractivity contribution in [3.8, 4) is 23.6 Å². The van der Waals surface area contributed by atoms with Crippen LogP contribution < -0.4 is 25.2 Å². The Hall–Kier alpha value is -10.9. The molecule has 8 aromatic rings. The summed E-state index contributed by atoms with van der Waals surface area (Å²) >= 11 is 0. The van der Waals surface area contributed by atoms with Crippen molar-refractivity contribution in [2.75, 3.05) is 55.1 Å². The highest BCUT2D eigenvalue weighted by Gasteiger charge is 2.34. The van der Waals surface area contributed by atoms with E-state index in [2.05, 4.69) is 113 Å². The zero-order valence-corrected chi connectivity index (χ0v) is 75.5. The molecule has 1 saturated heterocycles. The Morgan fingerprint density at radius 1 is 0.618 bits per heavy atom. The van der Waals surface area contributed by atoms with E-state index in [4.69, 9.17) is 20.0 Å². The zero-order chi connectivity index (χ0) is 90.8. The Morgan fingerprint density at radius 3 is 1.72 bits per heavy atom. The van der Waals surface area contributed by atoms with Crippen molar-refractivity contribution < 1.29 is 80.9 Å². The lowest BCUT2D eigenvalue weighted by atomic mass is 9.84. The van der Waals surface area contributed by atoms with Crippen molar-refractivity contribution in [3.05, 3.63) is 260 Å². The largest absolute Gasteiger partial charge is 0.490 e. The first-order chi connectivity index (χ1) is 57.7. The number of methoxy groups -OCH3 is 1. The van der Waals surface area contributed by atoms with Gasteiger partial charge in [0.25, 0.3) is 11.6 Å². The first-order valence-corrected chi connectivity index (χ1v) is 44.0. The molecule has 1 heterocycles. The van der Waals surface area contributed by atoms with Gasteiger partial charge in [-0.05, 0) is 163 Å². The number of benzene rings is 8. The van der Waals surface area contributed by atoms with Crippen molar-refractivity contribution in [1.82, 2.24) is 0 Å². The summed E-state index contributed by atoms with van der Waals surface area (Å²) in [5.74, 6) is 4.38. The monoisotopic (exact) mass is 1720 g/mol. The van der Waals surface area contributed by atoms with Crippen LogP contribution in [0.5, 0.6) is 11.5 Å². The fourth-order valence-corrected chi connectivity index (χ4v) is 15.3. The van der Waals surface area contributed by atoms with Crippen LogP contribution in [0, 0.1) is 86.0 Å². The molecule has 24 heteroatoms. The second kappa shape index (κ2) is 54.6. The van der Waals surface area contributed by atoms with Crippen LogP contribution in [0.4, 0.5) is 35.9 Å². The molecule has 20 nitrogen and oxygen atoms in total. The Bertz CT molecular complexity index is 4780. The summed E-state index contributed by atoms with van der Waals surface area (Å²) in [5, 5.41) is 40.6. The average Bonchev–Trinajstić information content (AvgIpc) is 0.819. The predicted molar refractivity (Wildman–Crippen MR) is 482 cm³/mol. The van der Waals surface area contributed by atoms with E-state index in [9.17, 15) is 60.9 Å². The predicted octanol–water partition coefficient (Wildman–Crippen LogP) is 21.0. The minimum Gasteiger partial charge on any atom is -0.490 e. The molecule has 123 heavy (non-hydrogen) atoms. The molecule has 0 spiro atoms. The number of para-hydroxylation sites is 5. The second-order valence-corrected chi connectivity index (χ2v) is 35.4. The molecule has 2 fully saturated rings. The number of esters is 1. The van der Waals surface area contributed by atoms with E-state index in [0.29, 0.717) is 70.3 Å². The third-order valence-corrected chi connectivity index (χ3v) is 22.5. The quantitative estimate of drug-likeness (QED) is 0.0135. The lowest BCUT2D eigenvalue weighted by molar-refractivity contribution is -0.825. The first-order valence-electron chi connectivity index (χ1n) is 42.1. The number of nitro groups is 1. The van der Waals surface area contributed by atoms with Crippen LogP contribution in [0.2, 0.25) is 0 Å². The number of nitrogens with one attached hydrogen (secondary N) is 1. The van der Waals surface area contributed by atoms with E-state index in [0.717, 1.165) is 116 Å². The minimum atomic E-state index is -4.46. The number of carbonyl (C=O) groups excluding carboxylic acids is 5. The number of sulfone groups is 1. The highest BCUT2D eigenvalue weighted by atomic mass is 32.2. The summed E-state index contributed by atoms with van der Waals surface area (Å²) in [6.07, 6.45) is 3.50. The van der Waals surface area contributed by atoms with E-state index in [1.807, 2.05) is 119 Å². The van der Waals surface area contributed by atoms with Crippen molar-refractivity contribution in [1.29, 1.82) is 10.5 Å². The normalized spacial score (nSPS) is 13.9. The second-order valence-electron chi connectivity index (χ2n) is 33.3. The molecule has 1 unspecified atom stereocenters. The SMILES string of the molecule is CC(C)C(=O)C1CCN(c2ccccc2[NH2+]O)CC1.CC(C)C(=O)Cc1ccccc1[N+](=O)[O-].CC(C)C(C)c1ccccc1.CC(C)Cc1cccc(NC(=O)c2ccccc2OCCOc2ccccc2)c1.CC(C)c1ccc(C#N)c(C(F)(F)F)c1.CC1CCC(CS(=O)(=O)CC(=O)C(C)C)CC1.COC(=O)c1cccc(CC(C)C)c1C#N.O. The number of quaternary nitrogens is 1. The van der Waals surface area contributed by atoms with Crippen LogP contribution in [0.3, 0.4) is 0 Å². The van der Waals surface area contributed by atoms with Gasteiger partial charge in [0.15, 0.2) is 15.5 Å². The van der Waals surface area contributed by atoms with Crippen molar-refractivity contribution in [3.63, 3.8) is 0 Å². The number of nitro benzene ring substituents is 1. The maximum absolute atomic E-state index is 12.8. The number of halogens is 3. The van der Waals surface area contributed by atoms with Gasteiger partial charge in [-0.25, -0.2) is 18.4 Å². The molecule has 0 radical (unpaired) electrons. The lowest BCUT2D eigenvalue weighted by Gasteiger charge is -2.33. The highest BCUT2D eigenvalue weighted by molar-refractivity contribution is 7.92. The van der Waals surface area contributed by atoms with E-state index in [1.165, 1.54) is 30.4 Å². The number of nitrogens with zero attached hydrogens (tertiary/aromatic N) is 4. The molecule has 1 saturated carbocycles. The number of ether oxygens (including phenoxy) is 3. The Balaban J connectivity index is 0.000000377. The van der Waals surface area contributed by atoms with Crippen LogP contribution >= 0.6 is 0 Å². The number of rotatable bonds is 28. The maximum atomic E-state index is 12.8. The fraction of sp³-hybridized carbons (Fsp3) is 0.444. The summed E-state index contributed by atoms with van der Waals surface area (Å²) in [5.41, 5.74) is 8.60. The summed E-state index contributed by atoms with van der Waals surface area (Å²) in [6, 6.07) is 62.4. The van der Waals surface area contributed by atoms with Crippen LogP contribution in [0.25, 0.3) is 0 Å². The van der Waals surface area contributed by atoms with E-state index in [-0.39, 0.29) is 87.6 Å². The molecule has 1 aliphatic heterocycles. The summed E-state index contributed by atoms with van der Waals surface area (Å²) in [4.78, 5) is 71.7.